The highest BCUT2D eigenvalue weighted by molar-refractivity contribution is 5.92. The van der Waals surface area contributed by atoms with Crippen LogP contribution in [-0.2, 0) is 5.66 Å². The maximum atomic E-state index is 5.72. The summed E-state index contributed by atoms with van der Waals surface area (Å²) in [7, 11) is 0. The summed E-state index contributed by atoms with van der Waals surface area (Å²) >= 11 is 0. The van der Waals surface area contributed by atoms with E-state index in [1.165, 1.54) is 0 Å². The van der Waals surface area contributed by atoms with Gasteiger partial charge in [-0.05, 0) is 26.0 Å². The SMILES string of the molecule is CC1(C)N=C(N)Nc2nc(-c3ccncc3)nn21. The molecular weight excluding hydrogens is 230 g/mol. The van der Waals surface area contributed by atoms with Gasteiger partial charge in [-0.3, -0.25) is 10.3 Å². The number of aliphatic imine (C=N–C) groups is 1. The van der Waals surface area contributed by atoms with Gasteiger partial charge in [0.2, 0.25) is 5.95 Å². The van der Waals surface area contributed by atoms with E-state index in [0.29, 0.717) is 17.7 Å². The number of nitrogens with two attached hydrogens (primary N) is 1. The van der Waals surface area contributed by atoms with E-state index >= 15 is 0 Å². The molecule has 2 aromatic rings. The number of fused-ring (bicyclic) bond motifs is 1. The van der Waals surface area contributed by atoms with Crippen LogP contribution in [0.4, 0.5) is 5.95 Å². The van der Waals surface area contributed by atoms with Crippen molar-refractivity contribution in [1.29, 1.82) is 0 Å². The van der Waals surface area contributed by atoms with Gasteiger partial charge in [-0.1, -0.05) is 0 Å². The first-order valence-corrected chi connectivity index (χ1v) is 5.56. The van der Waals surface area contributed by atoms with Crippen LogP contribution in [-0.4, -0.2) is 25.7 Å². The first-order chi connectivity index (χ1) is 8.56. The molecule has 1 aliphatic heterocycles. The van der Waals surface area contributed by atoms with Crippen LogP contribution in [0.1, 0.15) is 13.8 Å². The van der Waals surface area contributed by atoms with Gasteiger partial charge in [-0.15, -0.1) is 5.10 Å². The lowest BCUT2D eigenvalue weighted by molar-refractivity contribution is 0.336. The van der Waals surface area contributed by atoms with E-state index in [9.17, 15) is 0 Å². The molecule has 0 spiro atoms. The molecule has 0 saturated heterocycles. The van der Waals surface area contributed by atoms with E-state index < -0.39 is 5.66 Å². The molecule has 0 fully saturated rings. The summed E-state index contributed by atoms with van der Waals surface area (Å²) in [4.78, 5) is 12.7. The van der Waals surface area contributed by atoms with E-state index in [2.05, 4.69) is 25.4 Å². The Labute approximate surface area is 104 Å². The Balaban J connectivity index is 2.10. The summed E-state index contributed by atoms with van der Waals surface area (Å²) in [6.45, 7) is 3.85. The van der Waals surface area contributed by atoms with Crippen molar-refractivity contribution < 1.29 is 0 Å². The summed E-state index contributed by atoms with van der Waals surface area (Å²) in [5, 5.41) is 7.37. The molecule has 7 nitrogen and oxygen atoms in total. The second-order valence-electron chi connectivity index (χ2n) is 4.52. The van der Waals surface area contributed by atoms with E-state index in [4.69, 9.17) is 5.73 Å². The topological polar surface area (TPSA) is 94.0 Å². The third kappa shape index (κ3) is 1.60. The fourth-order valence-electron chi connectivity index (χ4n) is 1.88. The first kappa shape index (κ1) is 10.7. The summed E-state index contributed by atoms with van der Waals surface area (Å²) in [5.74, 6) is 1.57. The van der Waals surface area contributed by atoms with Crippen molar-refractivity contribution in [2.75, 3.05) is 5.32 Å². The summed E-state index contributed by atoms with van der Waals surface area (Å²) in [6.07, 6.45) is 3.41. The number of hydrogen-bond acceptors (Lipinski definition) is 6. The summed E-state index contributed by atoms with van der Waals surface area (Å²) in [5.41, 5.74) is 6.09. The molecule has 2 aromatic heterocycles. The molecule has 0 unspecified atom stereocenters. The molecule has 0 atom stereocenters. The van der Waals surface area contributed by atoms with Gasteiger partial charge in [0.25, 0.3) is 0 Å². The van der Waals surface area contributed by atoms with Gasteiger partial charge in [0.1, 0.15) is 0 Å². The van der Waals surface area contributed by atoms with Gasteiger partial charge in [-0.25, -0.2) is 9.67 Å². The van der Waals surface area contributed by atoms with E-state index in [1.54, 1.807) is 17.1 Å². The molecule has 0 aliphatic carbocycles. The number of pyridine rings is 1. The van der Waals surface area contributed by atoms with Gasteiger partial charge >= 0.3 is 0 Å². The lowest BCUT2D eigenvalue weighted by Crippen LogP contribution is -2.39. The minimum atomic E-state index is -0.539. The molecule has 18 heavy (non-hydrogen) atoms. The summed E-state index contributed by atoms with van der Waals surface area (Å²) < 4.78 is 1.72. The number of rotatable bonds is 1. The van der Waals surface area contributed by atoms with Crippen LogP contribution in [0.15, 0.2) is 29.5 Å². The number of nitrogens with one attached hydrogen (secondary N) is 1. The average Bonchev–Trinajstić information content (AvgIpc) is 2.74. The molecule has 0 bridgehead atoms. The van der Waals surface area contributed by atoms with Gasteiger partial charge in [0.05, 0.1) is 0 Å². The standard InChI is InChI=1S/C11H13N7/c1-11(2)16-9(12)15-10-14-8(17-18(10)11)7-3-5-13-6-4-7/h3-6H,1-2H3,(H3,12,14,15,16,17). The Morgan fingerprint density at radius 1 is 1.28 bits per heavy atom. The molecule has 0 saturated carbocycles. The molecule has 3 heterocycles. The van der Waals surface area contributed by atoms with Crippen LogP contribution in [0.25, 0.3) is 11.4 Å². The molecule has 0 aromatic carbocycles. The van der Waals surface area contributed by atoms with Gasteiger partial charge in [-0.2, -0.15) is 4.98 Å². The molecule has 0 amide bonds. The predicted octanol–water partition coefficient (Wildman–Crippen LogP) is 0.773. The second kappa shape index (κ2) is 3.52. The van der Waals surface area contributed by atoms with Crippen LogP contribution in [0.5, 0.6) is 0 Å². The highest BCUT2D eigenvalue weighted by atomic mass is 15.5. The van der Waals surface area contributed by atoms with Crippen molar-refractivity contribution in [3.63, 3.8) is 0 Å². The van der Waals surface area contributed by atoms with Gasteiger partial charge < -0.3 is 5.73 Å². The highest BCUT2D eigenvalue weighted by Crippen LogP contribution is 2.27. The lowest BCUT2D eigenvalue weighted by Gasteiger charge is -2.26. The number of aromatic nitrogens is 4. The Hall–Kier alpha value is -2.44. The van der Waals surface area contributed by atoms with Crippen molar-refractivity contribution in [2.45, 2.75) is 19.5 Å². The minimum absolute atomic E-state index is 0.348. The zero-order valence-corrected chi connectivity index (χ0v) is 10.1. The largest absolute Gasteiger partial charge is 0.370 e. The Kier molecular flexibility index (Phi) is 2.09. The summed E-state index contributed by atoms with van der Waals surface area (Å²) in [6, 6.07) is 3.72. The van der Waals surface area contributed by atoms with Gasteiger partial charge in [0.15, 0.2) is 17.4 Å². The molecule has 3 rings (SSSR count). The number of guanidine groups is 1. The van der Waals surface area contributed by atoms with Crippen molar-refractivity contribution in [2.24, 2.45) is 10.7 Å². The number of hydrogen-bond donors (Lipinski definition) is 2. The number of nitrogens with zero attached hydrogens (tertiary/aromatic N) is 5. The normalized spacial score (nSPS) is 16.7. The predicted molar refractivity (Wildman–Crippen MR) is 67.8 cm³/mol. The van der Waals surface area contributed by atoms with Crippen molar-refractivity contribution in [3.8, 4) is 11.4 Å². The molecule has 3 N–H and O–H groups in total. The minimum Gasteiger partial charge on any atom is -0.370 e. The second-order valence-corrected chi connectivity index (χ2v) is 4.52. The van der Waals surface area contributed by atoms with Crippen molar-refractivity contribution in [1.82, 2.24) is 19.7 Å². The Bertz CT molecular complexity index is 612. The average molecular weight is 243 g/mol. The number of anilines is 1. The smallest absolute Gasteiger partial charge is 0.230 e. The zero-order chi connectivity index (χ0) is 12.8. The maximum absolute atomic E-state index is 5.72. The Morgan fingerprint density at radius 3 is 2.72 bits per heavy atom. The van der Waals surface area contributed by atoms with Crippen LogP contribution in [0.2, 0.25) is 0 Å². The molecule has 7 heteroatoms. The third-order valence-electron chi connectivity index (χ3n) is 2.70. The van der Waals surface area contributed by atoms with Crippen LogP contribution in [0, 0.1) is 0 Å². The van der Waals surface area contributed by atoms with E-state index in [-0.39, 0.29) is 0 Å². The van der Waals surface area contributed by atoms with Crippen molar-refractivity contribution >= 4 is 11.9 Å². The quantitative estimate of drug-likeness (QED) is 0.771. The highest BCUT2D eigenvalue weighted by Gasteiger charge is 2.30. The fraction of sp³-hybridized carbons (Fsp3) is 0.273. The van der Waals surface area contributed by atoms with Crippen LogP contribution < -0.4 is 11.1 Å². The Morgan fingerprint density at radius 2 is 2.00 bits per heavy atom. The van der Waals surface area contributed by atoms with Crippen molar-refractivity contribution in [3.05, 3.63) is 24.5 Å². The third-order valence-corrected chi connectivity index (χ3v) is 2.70. The molecule has 92 valence electrons. The van der Waals surface area contributed by atoms with Crippen LogP contribution in [0.3, 0.4) is 0 Å². The maximum Gasteiger partial charge on any atom is 0.230 e. The molecule has 1 aliphatic rings. The van der Waals surface area contributed by atoms with Gasteiger partial charge in [0, 0.05) is 18.0 Å². The zero-order valence-electron chi connectivity index (χ0n) is 10.1. The molecular formula is C11H13N7. The monoisotopic (exact) mass is 243 g/mol. The molecule has 0 radical (unpaired) electrons. The van der Waals surface area contributed by atoms with E-state index in [1.807, 2.05) is 26.0 Å². The first-order valence-electron chi connectivity index (χ1n) is 5.56. The van der Waals surface area contributed by atoms with E-state index in [0.717, 1.165) is 5.56 Å². The van der Waals surface area contributed by atoms with Crippen LogP contribution >= 0.6 is 0 Å². The fourth-order valence-corrected chi connectivity index (χ4v) is 1.88. The lowest BCUT2D eigenvalue weighted by atomic mass is 10.2.